The number of aliphatic hydroxyl groups is 5. The molecule has 1 saturated carbocycles. The zero-order valence-electron chi connectivity index (χ0n) is 7.11. The minimum atomic E-state index is -1.56. The van der Waals surface area contributed by atoms with E-state index in [2.05, 4.69) is 4.74 Å². The van der Waals surface area contributed by atoms with Gasteiger partial charge in [0.2, 0.25) is 0 Å². The first-order chi connectivity index (χ1) is 6.00. The highest BCUT2D eigenvalue weighted by Gasteiger charge is 2.48. The van der Waals surface area contributed by atoms with Gasteiger partial charge in [0.15, 0.2) is 0 Å². The molecule has 13 heavy (non-hydrogen) atoms. The van der Waals surface area contributed by atoms with Crippen molar-refractivity contribution in [3.05, 3.63) is 0 Å². The maximum Gasteiger partial charge on any atom is 0.114 e. The highest BCUT2D eigenvalue weighted by atomic mass is 16.5. The number of rotatable bonds is 1. The average Bonchev–Trinajstić information content (AvgIpc) is 2.13. The van der Waals surface area contributed by atoms with Crippen LogP contribution in [0.2, 0.25) is 0 Å². The van der Waals surface area contributed by atoms with Crippen LogP contribution in [-0.4, -0.2) is 69.3 Å². The van der Waals surface area contributed by atoms with E-state index in [9.17, 15) is 20.4 Å². The summed E-state index contributed by atoms with van der Waals surface area (Å²) in [4.78, 5) is 0. The molecule has 1 rings (SSSR count). The van der Waals surface area contributed by atoms with E-state index in [4.69, 9.17) is 5.11 Å². The molecule has 0 aromatic carbocycles. The second-order valence-corrected chi connectivity index (χ2v) is 3.15. The Balaban J connectivity index is 2.79. The van der Waals surface area contributed by atoms with Crippen LogP contribution in [0.3, 0.4) is 0 Å². The Morgan fingerprint density at radius 1 is 0.692 bits per heavy atom. The molecule has 0 amide bonds. The molecule has 0 bridgehead atoms. The molecule has 0 heterocycles. The van der Waals surface area contributed by atoms with Gasteiger partial charge in [0, 0.05) is 7.11 Å². The largest absolute Gasteiger partial charge is 0.387 e. The third-order valence-electron chi connectivity index (χ3n) is 2.35. The van der Waals surface area contributed by atoms with E-state index in [0.717, 1.165) is 0 Å². The van der Waals surface area contributed by atoms with Crippen LogP contribution in [0.15, 0.2) is 0 Å². The lowest BCUT2D eigenvalue weighted by molar-refractivity contribution is -0.229. The van der Waals surface area contributed by atoms with Gasteiger partial charge >= 0.3 is 0 Å². The van der Waals surface area contributed by atoms with E-state index in [1.807, 2.05) is 0 Å². The maximum atomic E-state index is 9.29. The molecule has 0 spiro atoms. The Labute approximate surface area is 75.0 Å². The van der Waals surface area contributed by atoms with Crippen molar-refractivity contribution in [2.75, 3.05) is 7.11 Å². The van der Waals surface area contributed by atoms with E-state index >= 15 is 0 Å². The fourth-order valence-electron chi connectivity index (χ4n) is 1.48. The fourth-order valence-corrected chi connectivity index (χ4v) is 1.48. The van der Waals surface area contributed by atoms with Crippen LogP contribution in [0.25, 0.3) is 0 Å². The zero-order chi connectivity index (χ0) is 10.2. The molecule has 6 heteroatoms. The van der Waals surface area contributed by atoms with Gasteiger partial charge in [-0.3, -0.25) is 0 Å². The second kappa shape index (κ2) is 3.87. The van der Waals surface area contributed by atoms with Gasteiger partial charge in [0.25, 0.3) is 0 Å². The van der Waals surface area contributed by atoms with Crippen molar-refractivity contribution >= 4 is 0 Å². The predicted molar refractivity (Wildman–Crippen MR) is 40.8 cm³/mol. The maximum absolute atomic E-state index is 9.29. The first kappa shape index (κ1) is 10.8. The van der Waals surface area contributed by atoms with Crippen molar-refractivity contribution in [1.82, 2.24) is 0 Å². The molecule has 5 N–H and O–H groups in total. The fraction of sp³-hybridized carbons (Fsp3) is 1.00. The minimum absolute atomic E-state index is 1.09. The zero-order valence-corrected chi connectivity index (χ0v) is 7.11. The van der Waals surface area contributed by atoms with Gasteiger partial charge in [-0.1, -0.05) is 0 Å². The highest BCUT2D eigenvalue weighted by Crippen LogP contribution is 2.23. The highest BCUT2D eigenvalue weighted by molar-refractivity contribution is 4.99. The Hall–Kier alpha value is -0.240. The average molecular weight is 194 g/mol. The Kier molecular flexibility index (Phi) is 3.23. The van der Waals surface area contributed by atoms with Crippen LogP contribution in [0.1, 0.15) is 0 Å². The molecule has 78 valence electrons. The SMILES string of the molecule is COC1C(O)[C@H](O)C(O)C(O)[C@H]1O. The third kappa shape index (κ3) is 1.69. The monoisotopic (exact) mass is 194 g/mol. The summed E-state index contributed by atoms with van der Waals surface area (Å²) in [7, 11) is 1.23. The summed E-state index contributed by atoms with van der Waals surface area (Å²) in [6, 6.07) is 0. The number of hydrogen-bond acceptors (Lipinski definition) is 6. The van der Waals surface area contributed by atoms with Crippen molar-refractivity contribution in [3.63, 3.8) is 0 Å². The number of hydrogen-bond donors (Lipinski definition) is 5. The van der Waals surface area contributed by atoms with E-state index in [0.29, 0.717) is 0 Å². The molecule has 0 aromatic rings. The second-order valence-electron chi connectivity index (χ2n) is 3.15. The van der Waals surface area contributed by atoms with E-state index in [-0.39, 0.29) is 0 Å². The summed E-state index contributed by atoms with van der Waals surface area (Å²) in [5, 5.41) is 46.1. The lowest BCUT2D eigenvalue weighted by Crippen LogP contribution is -2.64. The number of ether oxygens (including phenoxy) is 1. The van der Waals surface area contributed by atoms with Crippen molar-refractivity contribution in [2.45, 2.75) is 36.6 Å². The van der Waals surface area contributed by atoms with Crippen molar-refractivity contribution < 1.29 is 30.3 Å². The molecule has 6 atom stereocenters. The Bertz CT molecular complexity index is 158. The molecule has 6 nitrogen and oxygen atoms in total. The van der Waals surface area contributed by atoms with Gasteiger partial charge in [0.05, 0.1) is 0 Å². The quantitative estimate of drug-likeness (QED) is 0.301. The molecule has 1 aliphatic carbocycles. The summed E-state index contributed by atoms with van der Waals surface area (Å²) in [5.41, 5.74) is 0. The van der Waals surface area contributed by atoms with Gasteiger partial charge in [-0.2, -0.15) is 0 Å². The molecule has 0 aromatic heterocycles. The summed E-state index contributed by atoms with van der Waals surface area (Å²) in [6.45, 7) is 0. The Morgan fingerprint density at radius 3 is 1.31 bits per heavy atom. The summed E-state index contributed by atoms with van der Waals surface area (Å²) in [5.74, 6) is 0. The van der Waals surface area contributed by atoms with Crippen LogP contribution >= 0.6 is 0 Å². The minimum Gasteiger partial charge on any atom is -0.387 e. The van der Waals surface area contributed by atoms with Crippen molar-refractivity contribution in [3.8, 4) is 0 Å². The molecule has 1 aliphatic rings. The molecular weight excluding hydrogens is 180 g/mol. The van der Waals surface area contributed by atoms with E-state index in [1.54, 1.807) is 0 Å². The first-order valence-electron chi connectivity index (χ1n) is 3.93. The topological polar surface area (TPSA) is 110 Å². The van der Waals surface area contributed by atoms with Crippen LogP contribution in [0.4, 0.5) is 0 Å². The summed E-state index contributed by atoms with van der Waals surface area (Å²) < 4.78 is 4.67. The summed E-state index contributed by atoms with van der Waals surface area (Å²) in [6.07, 6.45) is -8.48. The summed E-state index contributed by atoms with van der Waals surface area (Å²) >= 11 is 0. The van der Waals surface area contributed by atoms with Gasteiger partial charge in [0.1, 0.15) is 36.6 Å². The van der Waals surface area contributed by atoms with E-state index in [1.165, 1.54) is 7.11 Å². The van der Waals surface area contributed by atoms with Crippen molar-refractivity contribution in [2.24, 2.45) is 0 Å². The molecule has 0 aliphatic heterocycles. The van der Waals surface area contributed by atoms with Gasteiger partial charge in [-0.05, 0) is 0 Å². The smallest absolute Gasteiger partial charge is 0.114 e. The van der Waals surface area contributed by atoms with Crippen molar-refractivity contribution in [1.29, 1.82) is 0 Å². The number of methoxy groups -OCH3 is 1. The van der Waals surface area contributed by atoms with Crippen LogP contribution in [-0.2, 0) is 4.74 Å². The molecule has 4 unspecified atom stereocenters. The van der Waals surface area contributed by atoms with Gasteiger partial charge in [-0.25, -0.2) is 0 Å². The normalized spacial score (nSPS) is 52.2. The van der Waals surface area contributed by atoms with E-state index < -0.39 is 36.6 Å². The molecular formula is C7H14O6. The van der Waals surface area contributed by atoms with Gasteiger partial charge < -0.3 is 30.3 Å². The lowest BCUT2D eigenvalue weighted by atomic mass is 9.85. The van der Waals surface area contributed by atoms with Crippen LogP contribution in [0.5, 0.6) is 0 Å². The van der Waals surface area contributed by atoms with Crippen LogP contribution in [0, 0.1) is 0 Å². The van der Waals surface area contributed by atoms with Crippen LogP contribution < -0.4 is 0 Å². The van der Waals surface area contributed by atoms with Gasteiger partial charge in [-0.15, -0.1) is 0 Å². The third-order valence-corrected chi connectivity index (χ3v) is 2.35. The predicted octanol–water partition coefficient (Wildman–Crippen LogP) is -3.18. The number of aliphatic hydroxyl groups excluding tert-OH is 5. The molecule has 0 saturated heterocycles. The first-order valence-corrected chi connectivity index (χ1v) is 3.93. The standard InChI is InChI=1S/C7H14O6/c1-13-7-5(11)3(9)2(8)4(10)6(7)12/h2-12H,1H3/t2?,3-,4?,5?,6-,7?/m1/s1. The molecule has 1 fully saturated rings. The molecule has 0 radical (unpaired) electrons. The Morgan fingerprint density at radius 2 is 1.00 bits per heavy atom. The lowest BCUT2D eigenvalue weighted by Gasteiger charge is -2.40.